The van der Waals surface area contributed by atoms with Crippen molar-refractivity contribution in [3.8, 4) is 62.5 Å². The van der Waals surface area contributed by atoms with Gasteiger partial charge in [0, 0.05) is 90.6 Å². The number of aromatic nitrogens is 7. The average Bonchev–Trinajstić information content (AvgIpc) is 2.82. The van der Waals surface area contributed by atoms with Gasteiger partial charge in [-0.2, -0.15) is 0 Å². The summed E-state index contributed by atoms with van der Waals surface area (Å²) in [5, 5.41) is 10.9. The molecule has 10 aromatic carbocycles. The highest BCUT2D eigenvalue weighted by atomic mass is 32.1. The van der Waals surface area contributed by atoms with E-state index in [1.165, 1.54) is 78.7 Å². The van der Waals surface area contributed by atoms with Crippen molar-refractivity contribution in [2.24, 2.45) is 0 Å². The molecular weight excluding hydrogens is 1060 g/mol. The van der Waals surface area contributed by atoms with Crippen molar-refractivity contribution in [2.45, 2.75) is 6.92 Å². The van der Waals surface area contributed by atoms with Gasteiger partial charge in [0.15, 0.2) is 0 Å². The maximum atomic E-state index is 5.52. The molecule has 0 aliphatic heterocycles. The summed E-state index contributed by atoms with van der Waals surface area (Å²) in [5.74, 6) is 1.23. The van der Waals surface area contributed by atoms with Gasteiger partial charge in [0.1, 0.15) is 0 Å². The second-order valence-corrected chi connectivity index (χ2v) is 23.5. The van der Waals surface area contributed by atoms with Gasteiger partial charge in [-0.25, -0.2) is 19.9 Å². The second kappa shape index (κ2) is 19.0. The Balaban J connectivity index is 0.822. The molecule has 0 fully saturated rings. The number of hydrogen-bond acceptors (Lipinski definition) is 6. The Kier molecular flexibility index (Phi) is 10.9. The van der Waals surface area contributed by atoms with Crippen LogP contribution in [0.25, 0.3) is 164 Å². The molecule has 0 radical (unpaired) electrons. The third kappa shape index (κ3) is 7.42. The number of para-hydroxylation sites is 3. The summed E-state index contributed by atoms with van der Waals surface area (Å²) in [6, 6.07) is 82.6. The van der Waals surface area contributed by atoms with Gasteiger partial charge in [0.25, 0.3) is 0 Å². The summed E-state index contributed by atoms with van der Waals surface area (Å²) in [7, 11) is 0. The number of hydrogen-bond donors (Lipinski definition) is 0. The molecule has 7 aromatic heterocycles. The Morgan fingerprint density at radius 3 is 1.71 bits per heavy atom. The van der Waals surface area contributed by atoms with Crippen molar-refractivity contribution in [1.29, 1.82) is 0 Å². The van der Waals surface area contributed by atoms with Gasteiger partial charge >= 0.3 is 0 Å². The lowest BCUT2D eigenvalue weighted by atomic mass is 9.99. The number of nitrogens with zero attached hydrogens (tertiary/aromatic N) is 7. The number of rotatable bonds is 9. The summed E-state index contributed by atoms with van der Waals surface area (Å²) in [5.41, 5.74) is 16.6. The number of allylic oxidation sites excluding steroid dienone is 2. The molecule has 17 rings (SSSR count). The van der Waals surface area contributed by atoms with Crippen molar-refractivity contribution in [2.75, 3.05) is 0 Å². The van der Waals surface area contributed by atoms with Crippen molar-refractivity contribution in [1.82, 2.24) is 33.6 Å². The van der Waals surface area contributed by atoms with Crippen molar-refractivity contribution < 1.29 is 0 Å². The molecule has 0 unspecified atom stereocenters. The third-order valence-electron chi connectivity index (χ3n) is 16.7. The van der Waals surface area contributed by atoms with Gasteiger partial charge in [-0.1, -0.05) is 170 Å². The smallest absolute Gasteiger partial charge is 0.235 e. The minimum atomic E-state index is 0.606. The van der Waals surface area contributed by atoms with E-state index in [1.807, 2.05) is 47.1 Å². The van der Waals surface area contributed by atoms with Gasteiger partial charge in [0.2, 0.25) is 11.9 Å². The minimum Gasteiger partial charge on any atom is -0.309 e. The SMILES string of the molecule is C=C/C=C\c1sc2c(ccc3c2c2cc(-c4cccc(-c5cc(-c6ccccc6)nc(-n6c7ccccc7c7c8sc9ccccc9c8ccc76)n5)c4)ccc2n3-c2nccc(-c3cccc(-n4c5ccccc5c5ccccc54)c3)n2)c1C. The fraction of sp³-hybridized carbons (Fsp3) is 0.0133. The van der Waals surface area contributed by atoms with Crippen LogP contribution in [0.15, 0.2) is 255 Å². The van der Waals surface area contributed by atoms with Gasteiger partial charge in [0.05, 0.1) is 50.2 Å². The van der Waals surface area contributed by atoms with Crippen LogP contribution in [0.5, 0.6) is 0 Å². The van der Waals surface area contributed by atoms with Gasteiger partial charge in [-0.3, -0.25) is 9.13 Å². The van der Waals surface area contributed by atoms with E-state index < -0.39 is 0 Å². The highest BCUT2D eigenvalue weighted by molar-refractivity contribution is 7.26. The van der Waals surface area contributed by atoms with E-state index >= 15 is 0 Å². The molecular formula is C75H47N7S2. The predicted octanol–water partition coefficient (Wildman–Crippen LogP) is 20.3. The molecule has 7 nitrogen and oxygen atoms in total. The maximum absolute atomic E-state index is 5.52. The van der Waals surface area contributed by atoms with Crippen LogP contribution in [0.2, 0.25) is 0 Å². The number of aryl methyl sites for hydroxylation is 1. The van der Waals surface area contributed by atoms with Crippen LogP contribution in [0, 0.1) is 6.92 Å². The first-order valence-corrected chi connectivity index (χ1v) is 29.8. The van der Waals surface area contributed by atoms with E-state index in [0.717, 1.165) is 78.0 Å². The molecule has 394 valence electrons. The molecule has 9 heteroatoms. The first-order chi connectivity index (χ1) is 41.5. The second-order valence-electron chi connectivity index (χ2n) is 21.4. The minimum absolute atomic E-state index is 0.606. The molecule has 0 aliphatic rings. The zero-order valence-corrected chi connectivity index (χ0v) is 47.0. The average molecular weight is 1110 g/mol. The van der Waals surface area contributed by atoms with Crippen molar-refractivity contribution in [3.05, 3.63) is 266 Å². The summed E-state index contributed by atoms with van der Waals surface area (Å²) in [6.07, 6.45) is 7.92. The zero-order chi connectivity index (χ0) is 55.6. The zero-order valence-electron chi connectivity index (χ0n) is 45.4. The summed E-state index contributed by atoms with van der Waals surface area (Å²) >= 11 is 3.67. The molecule has 0 saturated carbocycles. The Hall–Kier alpha value is -10.6. The van der Waals surface area contributed by atoms with Crippen LogP contribution in [0.1, 0.15) is 10.4 Å². The molecule has 0 saturated heterocycles. The van der Waals surface area contributed by atoms with Crippen LogP contribution in [0.4, 0.5) is 0 Å². The van der Waals surface area contributed by atoms with E-state index in [2.05, 4.69) is 258 Å². The Morgan fingerprint density at radius 2 is 0.940 bits per heavy atom. The molecule has 84 heavy (non-hydrogen) atoms. The molecule has 0 aliphatic carbocycles. The number of fused-ring (bicyclic) bond motifs is 15. The Morgan fingerprint density at radius 1 is 0.381 bits per heavy atom. The maximum Gasteiger partial charge on any atom is 0.235 e. The van der Waals surface area contributed by atoms with E-state index in [9.17, 15) is 0 Å². The topological polar surface area (TPSA) is 66.3 Å². The molecule has 0 atom stereocenters. The standard InChI is InChI=1S/C75H47N7S2/c1-3-4-31-68-45(2)52-34-37-67-71(72(52)83-68)58-43-48(33-36-65(58)81(67)74-76-40-39-59(77-74)50-22-17-23-51(42-50)80-62-28-12-8-24-53(62)54-25-9-13-29-63(54)80)47-20-16-21-49(41-47)61-44-60(46-18-6-5-7-19-46)78-75(79-61)82-64-30-14-10-27-57(64)70-66(82)38-35-56-55-26-11-15-32-69(55)84-73(56)70/h3-44H,1H2,2H3/b31-4-. The third-order valence-corrected chi connectivity index (χ3v) is 19.2. The summed E-state index contributed by atoms with van der Waals surface area (Å²) in [6.45, 7) is 6.20. The molecule has 0 N–H and O–H groups in total. The summed E-state index contributed by atoms with van der Waals surface area (Å²) < 4.78 is 10.6. The largest absolute Gasteiger partial charge is 0.309 e. The quantitative estimate of drug-likeness (QED) is 0.135. The lowest BCUT2D eigenvalue weighted by Crippen LogP contribution is -2.04. The lowest BCUT2D eigenvalue weighted by molar-refractivity contribution is 0.992. The number of thiophene rings is 2. The van der Waals surface area contributed by atoms with Gasteiger partial charge in [-0.15, -0.1) is 22.7 Å². The van der Waals surface area contributed by atoms with Crippen LogP contribution in [0.3, 0.4) is 0 Å². The lowest BCUT2D eigenvalue weighted by Gasteiger charge is -2.13. The van der Waals surface area contributed by atoms with E-state index in [0.29, 0.717) is 11.9 Å². The van der Waals surface area contributed by atoms with Crippen LogP contribution in [-0.4, -0.2) is 33.6 Å². The van der Waals surface area contributed by atoms with Crippen LogP contribution >= 0.6 is 22.7 Å². The Labute approximate surface area is 490 Å². The molecule has 0 bridgehead atoms. The summed E-state index contributed by atoms with van der Waals surface area (Å²) in [4.78, 5) is 22.6. The highest BCUT2D eigenvalue weighted by Crippen LogP contribution is 2.46. The van der Waals surface area contributed by atoms with Gasteiger partial charge in [-0.05, 0) is 114 Å². The van der Waals surface area contributed by atoms with Crippen molar-refractivity contribution >= 4 is 124 Å². The number of benzene rings is 10. The van der Waals surface area contributed by atoms with E-state index in [4.69, 9.17) is 19.9 Å². The normalized spacial score (nSPS) is 12.1. The van der Waals surface area contributed by atoms with Crippen LogP contribution < -0.4 is 0 Å². The molecule has 7 heterocycles. The molecule has 0 spiro atoms. The Bertz CT molecular complexity index is 5560. The fourth-order valence-corrected chi connectivity index (χ4v) is 15.4. The van der Waals surface area contributed by atoms with Gasteiger partial charge < -0.3 is 4.57 Å². The molecule has 0 amide bonds. The first-order valence-electron chi connectivity index (χ1n) is 28.1. The highest BCUT2D eigenvalue weighted by Gasteiger charge is 2.24. The predicted molar refractivity (Wildman–Crippen MR) is 355 cm³/mol. The van der Waals surface area contributed by atoms with Crippen LogP contribution in [-0.2, 0) is 0 Å². The fourth-order valence-electron chi connectivity index (χ4n) is 12.9. The monoisotopic (exact) mass is 1110 g/mol. The van der Waals surface area contributed by atoms with Crippen molar-refractivity contribution in [3.63, 3.8) is 0 Å². The first kappa shape index (κ1) is 48.2. The van der Waals surface area contributed by atoms with E-state index in [-0.39, 0.29) is 0 Å². The molecule has 17 aromatic rings. The van der Waals surface area contributed by atoms with E-state index in [1.54, 1.807) is 0 Å².